The van der Waals surface area contributed by atoms with Gasteiger partial charge < -0.3 is 5.32 Å². The van der Waals surface area contributed by atoms with Gasteiger partial charge in [-0.3, -0.25) is 4.68 Å². The number of nitrogens with zero attached hydrogens (tertiary/aromatic N) is 4. The van der Waals surface area contributed by atoms with Crippen LogP contribution >= 0.6 is 23.1 Å². The molecule has 2 heterocycles. The molecule has 0 aromatic carbocycles. The van der Waals surface area contributed by atoms with Crippen molar-refractivity contribution in [2.24, 2.45) is 7.05 Å². The number of rotatable bonds is 5. The van der Waals surface area contributed by atoms with Crippen LogP contribution in [-0.2, 0) is 13.6 Å². The van der Waals surface area contributed by atoms with Crippen LogP contribution in [0.15, 0.2) is 9.37 Å². The van der Waals surface area contributed by atoms with Gasteiger partial charge in [0.25, 0.3) is 0 Å². The summed E-state index contributed by atoms with van der Waals surface area (Å²) in [5, 5.41) is 18.3. The van der Waals surface area contributed by atoms with Crippen LogP contribution in [0.2, 0.25) is 0 Å². The van der Waals surface area contributed by atoms with Crippen molar-refractivity contribution >= 4 is 23.1 Å². The van der Waals surface area contributed by atoms with Gasteiger partial charge in [0.2, 0.25) is 0 Å². The Morgan fingerprint density at radius 3 is 2.63 bits per heavy atom. The molecule has 0 amide bonds. The summed E-state index contributed by atoms with van der Waals surface area (Å²) in [4.78, 5) is 0. The highest BCUT2D eigenvalue weighted by Crippen LogP contribution is 2.33. The summed E-state index contributed by atoms with van der Waals surface area (Å²) in [6, 6.07) is 0.459. The maximum absolute atomic E-state index is 4.50. The lowest BCUT2D eigenvalue weighted by Crippen LogP contribution is -2.22. The van der Waals surface area contributed by atoms with E-state index in [0.717, 1.165) is 26.6 Å². The number of aromatic nitrogens is 4. The molecule has 0 saturated carbocycles. The molecular formula is C12H19N5S2. The molecule has 5 nitrogen and oxygen atoms in total. The molecule has 0 unspecified atom stereocenters. The molecule has 2 rings (SSSR count). The lowest BCUT2D eigenvalue weighted by molar-refractivity contribution is 0.580. The van der Waals surface area contributed by atoms with Crippen molar-refractivity contribution in [3.8, 4) is 0 Å². The molecule has 0 spiro atoms. The molecule has 0 atom stereocenters. The molecule has 2 aromatic heterocycles. The predicted molar refractivity (Wildman–Crippen MR) is 78.7 cm³/mol. The van der Waals surface area contributed by atoms with Gasteiger partial charge in [-0.15, -0.1) is 10.2 Å². The monoisotopic (exact) mass is 297 g/mol. The van der Waals surface area contributed by atoms with Crippen LogP contribution in [0.1, 0.15) is 30.1 Å². The second-order valence-corrected chi connectivity index (χ2v) is 7.13. The smallest absolute Gasteiger partial charge is 0.180 e. The Morgan fingerprint density at radius 1 is 1.32 bits per heavy atom. The molecule has 1 N–H and O–H groups in total. The van der Waals surface area contributed by atoms with Crippen molar-refractivity contribution in [2.75, 3.05) is 0 Å². The highest BCUT2D eigenvalue weighted by atomic mass is 32.2. The van der Waals surface area contributed by atoms with Gasteiger partial charge in [-0.1, -0.05) is 25.2 Å². The predicted octanol–water partition coefficient (Wildman–Crippen LogP) is 2.54. The average molecular weight is 297 g/mol. The third-order valence-electron chi connectivity index (χ3n) is 2.67. The molecule has 0 aliphatic carbocycles. The number of aryl methyl sites for hydroxylation is 3. The van der Waals surface area contributed by atoms with Crippen molar-refractivity contribution in [2.45, 2.75) is 49.6 Å². The SMILES string of the molecule is Cc1nnc(Sc2c(CNC(C)C)c(C)nn2C)s1. The fourth-order valence-corrected chi connectivity index (χ4v) is 3.66. The Bertz CT molecular complexity index is 558. The Morgan fingerprint density at radius 2 is 2.05 bits per heavy atom. The van der Waals surface area contributed by atoms with Crippen LogP contribution in [0.5, 0.6) is 0 Å². The van der Waals surface area contributed by atoms with Gasteiger partial charge in [0.1, 0.15) is 10.0 Å². The molecule has 2 aromatic rings. The first-order chi connectivity index (χ1) is 8.97. The lowest BCUT2D eigenvalue weighted by atomic mass is 10.2. The molecule has 0 saturated heterocycles. The van der Waals surface area contributed by atoms with E-state index in [-0.39, 0.29) is 0 Å². The van der Waals surface area contributed by atoms with Crippen molar-refractivity contribution in [3.63, 3.8) is 0 Å². The van der Waals surface area contributed by atoms with E-state index >= 15 is 0 Å². The zero-order chi connectivity index (χ0) is 14.0. The first-order valence-electron chi connectivity index (χ1n) is 6.21. The highest BCUT2D eigenvalue weighted by molar-refractivity contribution is 8.01. The standard InChI is InChI=1S/C12H19N5S2/c1-7(2)13-6-10-8(3)16-17(5)11(10)19-12-15-14-9(4)18-12/h7,13H,6H2,1-5H3. The van der Waals surface area contributed by atoms with E-state index in [9.17, 15) is 0 Å². The number of hydrogen-bond acceptors (Lipinski definition) is 6. The molecule has 0 fully saturated rings. The Balaban J connectivity index is 2.23. The van der Waals surface area contributed by atoms with Crippen molar-refractivity contribution in [3.05, 3.63) is 16.3 Å². The van der Waals surface area contributed by atoms with E-state index in [1.54, 1.807) is 23.1 Å². The first kappa shape index (κ1) is 14.5. The van der Waals surface area contributed by atoms with Gasteiger partial charge in [-0.05, 0) is 25.6 Å². The maximum atomic E-state index is 4.50. The summed E-state index contributed by atoms with van der Waals surface area (Å²) in [6.07, 6.45) is 0. The van der Waals surface area contributed by atoms with Gasteiger partial charge in [0.05, 0.1) is 5.69 Å². The minimum atomic E-state index is 0.459. The number of hydrogen-bond donors (Lipinski definition) is 1. The van der Waals surface area contributed by atoms with E-state index in [1.807, 2.05) is 25.6 Å². The first-order valence-corrected chi connectivity index (χ1v) is 7.84. The maximum Gasteiger partial charge on any atom is 0.180 e. The molecule has 0 aliphatic rings. The third kappa shape index (κ3) is 3.55. The molecule has 104 valence electrons. The second-order valence-electron chi connectivity index (χ2n) is 4.72. The minimum absolute atomic E-state index is 0.459. The van der Waals surface area contributed by atoms with Crippen LogP contribution in [0.4, 0.5) is 0 Å². The zero-order valence-corrected chi connectivity index (χ0v) is 13.5. The topological polar surface area (TPSA) is 55.6 Å². The van der Waals surface area contributed by atoms with Crippen LogP contribution in [-0.4, -0.2) is 26.0 Å². The van der Waals surface area contributed by atoms with Gasteiger partial charge in [-0.2, -0.15) is 5.10 Å². The lowest BCUT2D eigenvalue weighted by Gasteiger charge is -2.09. The molecular weight excluding hydrogens is 278 g/mol. The molecule has 0 radical (unpaired) electrons. The van der Waals surface area contributed by atoms with Gasteiger partial charge >= 0.3 is 0 Å². The van der Waals surface area contributed by atoms with Crippen LogP contribution in [0.25, 0.3) is 0 Å². The quantitative estimate of drug-likeness (QED) is 0.919. The van der Waals surface area contributed by atoms with E-state index in [0.29, 0.717) is 6.04 Å². The van der Waals surface area contributed by atoms with Crippen molar-refractivity contribution in [1.82, 2.24) is 25.3 Å². The fourth-order valence-electron chi connectivity index (χ4n) is 1.72. The highest BCUT2D eigenvalue weighted by Gasteiger charge is 2.16. The largest absolute Gasteiger partial charge is 0.310 e. The second kappa shape index (κ2) is 6.02. The number of nitrogens with one attached hydrogen (secondary N) is 1. The van der Waals surface area contributed by atoms with E-state index in [1.165, 1.54) is 5.56 Å². The van der Waals surface area contributed by atoms with Crippen molar-refractivity contribution < 1.29 is 0 Å². The van der Waals surface area contributed by atoms with E-state index in [4.69, 9.17) is 0 Å². The van der Waals surface area contributed by atoms with E-state index in [2.05, 4.69) is 34.5 Å². The minimum Gasteiger partial charge on any atom is -0.310 e. The summed E-state index contributed by atoms with van der Waals surface area (Å²) >= 11 is 3.25. The third-order valence-corrected chi connectivity index (χ3v) is 4.76. The summed E-state index contributed by atoms with van der Waals surface area (Å²) in [6.45, 7) is 9.14. The van der Waals surface area contributed by atoms with Gasteiger partial charge in [0, 0.05) is 25.2 Å². The van der Waals surface area contributed by atoms with Crippen LogP contribution in [0, 0.1) is 13.8 Å². The molecule has 19 heavy (non-hydrogen) atoms. The fraction of sp³-hybridized carbons (Fsp3) is 0.583. The Kier molecular flexibility index (Phi) is 4.59. The molecule has 0 aliphatic heterocycles. The van der Waals surface area contributed by atoms with Gasteiger partial charge in [-0.25, -0.2) is 0 Å². The Labute approximate surface area is 121 Å². The van der Waals surface area contributed by atoms with Crippen LogP contribution < -0.4 is 5.32 Å². The summed E-state index contributed by atoms with van der Waals surface area (Å²) in [5.41, 5.74) is 2.31. The zero-order valence-electron chi connectivity index (χ0n) is 11.9. The summed E-state index contributed by atoms with van der Waals surface area (Å²) in [7, 11) is 1.97. The van der Waals surface area contributed by atoms with Crippen molar-refractivity contribution in [1.29, 1.82) is 0 Å². The van der Waals surface area contributed by atoms with Gasteiger partial charge in [0.15, 0.2) is 4.34 Å². The molecule has 7 heteroatoms. The Hall–Kier alpha value is -0.920. The summed E-state index contributed by atoms with van der Waals surface area (Å²) in [5.74, 6) is 0. The van der Waals surface area contributed by atoms with Crippen LogP contribution in [0.3, 0.4) is 0 Å². The average Bonchev–Trinajstić information content (AvgIpc) is 2.83. The molecule has 0 bridgehead atoms. The normalized spacial score (nSPS) is 11.5. The van der Waals surface area contributed by atoms with E-state index < -0.39 is 0 Å². The summed E-state index contributed by atoms with van der Waals surface area (Å²) < 4.78 is 2.89.